The fourth-order valence-electron chi connectivity index (χ4n) is 2.60. The van der Waals surface area contributed by atoms with Gasteiger partial charge in [-0.1, -0.05) is 38.1 Å². The van der Waals surface area contributed by atoms with Crippen molar-refractivity contribution in [3.05, 3.63) is 52.4 Å². The molecular weight excluding hydrogens is 348 g/mol. The Bertz CT molecular complexity index is 889. The Kier molecular flexibility index (Phi) is 6.31. The largest absolute Gasteiger partial charge is 0.478 e. The zero-order valence-electron chi connectivity index (χ0n) is 14.9. The number of carboxylic acids is 1. The molecule has 0 aliphatic rings. The van der Waals surface area contributed by atoms with Crippen molar-refractivity contribution < 1.29 is 14.7 Å². The lowest BCUT2D eigenvalue weighted by Gasteiger charge is -2.10. The molecule has 26 heavy (non-hydrogen) atoms. The van der Waals surface area contributed by atoms with E-state index in [9.17, 15) is 14.9 Å². The summed E-state index contributed by atoms with van der Waals surface area (Å²) in [7, 11) is 0. The van der Waals surface area contributed by atoms with Gasteiger partial charge in [-0.05, 0) is 30.4 Å². The number of hydrogen-bond acceptors (Lipinski definition) is 4. The van der Waals surface area contributed by atoms with Gasteiger partial charge in [-0.3, -0.25) is 4.79 Å². The minimum Gasteiger partial charge on any atom is -0.478 e. The van der Waals surface area contributed by atoms with Gasteiger partial charge in [-0.25, -0.2) is 4.79 Å². The van der Waals surface area contributed by atoms with Crippen LogP contribution in [-0.2, 0) is 9.59 Å². The average molecular weight is 368 g/mol. The maximum atomic E-state index is 11.8. The van der Waals surface area contributed by atoms with Crippen LogP contribution in [0.3, 0.4) is 0 Å². The van der Waals surface area contributed by atoms with Gasteiger partial charge < -0.3 is 10.4 Å². The predicted octanol–water partition coefficient (Wildman–Crippen LogP) is 4.69. The lowest BCUT2D eigenvalue weighted by atomic mass is 9.95. The summed E-state index contributed by atoms with van der Waals surface area (Å²) in [6.07, 6.45) is 2.75. The number of nitrogens with one attached hydrogen (secondary N) is 1. The number of carboxylic acid groups (broad SMARTS) is 1. The summed E-state index contributed by atoms with van der Waals surface area (Å²) in [6, 6.07) is 10.3. The van der Waals surface area contributed by atoms with Crippen molar-refractivity contribution in [3.8, 4) is 17.2 Å². The Morgan fingerprint density at radius 2 is 1.96 bits per heavy atom. The van der Waals surface area contributed by atoms with Gasteiger partial charge in [0, 0.05) is 22.6 Å². The normalized spacial score (nSPS) is 11.9. The lowest BCUT2D eigenvalue weighted by Crippen LogP contribution is -2.08. The highest BCUT2D eigenvalue weighted by Gasteiger charge is 2.18. The van der Waals surface area contributed by atoms with Crippen molar-refractivity contribution >= 4 is 28.2 Å². The predicted molar refractivity (Wildman–Crippen MR) is 103 cm³/mol. The molecule has 0 aliphatic carbocycles. The summed E-state index contributed by atoms with van der Waals surface area (Å²) in [5.41, 5.74) is 3.35. The van der Waals surface area contributed by atoms with Crippen LogP contribution in [0.25, 0.3) is 11.1 Å². The number of nitrogens with zero attached hydrogens (tertiary/aromatic N) is 1. The first kappa shape index (κ1) is 19.4. The zero-order valence-corrected chi connectivity index (χ0v) is 15.7. The second kappa shape index (κ2) is 8.45. The number of benzene rings is 1. The minimum atomic E-state index is -1.20. The van der Waals surface area contributed by atoms with E-state index in [1.807, 2.05) is 19.1 Å². The summed E-state index contributed by atoms with van der Waals surface area (Å²) in [4.78, 5) is 23.2. The molecule has 1 heterocycles. The molecule has 0 bridgehead atoms. The van der Waals surface area contributed by atoms with Gasteiger partial charge in [0.05, 0.1) is 5.56 Å². The number of nitriles is 1. The number of carbonyl (C=O) groups is 2. The Morgan fingerprint density at radius 3 is 2.50 bits per heavy atom. The second-order valence-electron chi connectivity index (χ2n) is 5.94. The standard InChI is InChI=1S/C20H20N2O3S/c1-4-12(2)14-5-7-15(8-6-14)19-13(3)26-20(16(19)11-21)22-17(23)9-10-18(24)25/h5-10,12H,4H2,1-3H3,(H,22,23)(H,24,25)/b10-9+/t12-/m1/s1. The van der Waals surface area contributed by atoms with E-state index < -0.39 is 11.9 Å². The van der Waals surface area contributed by atoms with Crippen LogP contribution in [-0.4, -0.2) is 17.0 Å². The fourth-order valence-corrected chi connectivity index (χ4v) is 3.63. The van der Waals surface area contributed by atoms with Gasteiger partial charge in [-0.15, -0.1) is 11.3 Å². The molecule has 0 saturated carbocycles. The van der Waals surface area contributed by atoms with Gasteiger partial charge in [-0.2, -0.15) is 5.26 Å². The first-order valence-electron chi connectivity index (χ1n) is 8.23. The van der Waals surface area contributed by atoms with Crippen LogP contribution in [0.4, 0.5) is 5.00 Å². The highest BCUT2D eigenvalue weighted by atomic mass is 32.1. The van der Waals surface area contributed by atoms with Gasteiger partial charge in [0.25, 0.3) is 0 Å². The van der Waals surface area contributed by atoms with E-state index in [1.165, 1.54) is 16.9 Å². The number of aliphatic carboxylic acids is 1. The molecule has 134 valence electrons. The molecule has 2 N–H and O–H groups in total. The minimum absolute atomic E-state index is 0.390. The molecule has 0 radical (unpaired) electrons. The Balaban J connectivity index is 2.36. The van der Waals surface area contributed by atoms with E-state index in [1.54, 1.807) is 0 Å². The number of amides is 1. The average Bonchev–Trinajstić information content (AvgIpc) is 2.94. The SMILES string of the molecule is CC[C@@H](C)c1ccc(-c2c(C)sc(NC(=O)/C=C/C(=O)O)c2C#N)cc1. The summed E-state index contributed by atoms with van der Waals surface area (Å²) >= 11 is 1.30. The molecule has 0 fully saturated rings. The maximum absolute atomic E-state index is 11.8. The van der Waals surface area contributed by atoms with Crippen LogP contribution in [0.1, 0.15) is 42.2 Å². The molecule has 0 saturated heterocycles. The molecule has 1 atom stereocenters. The van der Waals surface area contributed by atoms with Crippen LogP contribution in [0.2, 0.25) is 0 Å². The lowest BCUT2D eigenvalue weighted by molar-refractivity contribution is -0.131. The number of aryl methyl sites for hydroxylation is 1. The van der Waals surface area contributed by atoms with Crippen LogP contribution in [0.15, 0.2) is 36.4 Å². The fraction of sp³-hybridized carbons (Fsp3) is 0.250. The van der Waals surface area contributed by atoms with E-state index in [2.05, 4.69) is 37.4 Å². The molecular formula is C20H20N2O3S. The van der Waals surface area contributed by atoms with Crippen molar-refractivity contribution in [3.63, 3.8) is 0 Å². The van der Waals surface area contributed by atoms with Gasteiger partial charge in [0.2, 0.25) is 5.91 Å². The number of hydrogen-bond donors (Lipinski definition) is 2. The van der Waals surface area contributed by atoms with Gasteiger partial charge in [0.1, 0.15) is 11.1 Å². The van der Waals surface area contributed by atoms with Crippen molar-refractivity contribution in [1.29, 1.82) is 5.26 Å². The molecule has 5 nitrogen and oxygen atoms in total. The van der Waals surface area contributed by atoms with Gasteiger partial charge >= 0.3 is 5.97 Å². The maximum Gasteiger partial charge on any atom is 0.328 e. The first-order valence-corrected chi connectivity index (χ1v) is 9.04. The smallest absolute Gasteiger partial charge is 0.328 e. The van der Waals surface area contributed by atoms with Crippen molar-refractivity contribution in [2.45, 2.75) is 33.1 Å². The first-order chi connectivity index (χ1) is 12.4. The summed E-state index contributed by atoms with van der Waals surface area (Å²) in [5, 5.41) is 21.2. The van der Waals surface area contributed by atoms with Crippen molar-refractivity contribution in [2.24, 2.45) is 0 Å². The van der Waals surface area contributed by atoms with Crippen LogP contribution in [0.5, 0.6) is 0 Å². The third-order valence-electron chi connectivity index (χ3n) is 4.19. The van der Waals surface area contributed by atoms with E-state index in [-0.39, 0.29) is 0 Å². The Morgan fingerprint density at radius 1 is 1.31 bits per heavy atom. The van der Waals surface area contributed by atoms with Crippen molar-refractivity contribution in [2.75, 3.05) is 5.32 Å². The number of rotatable bonds is 6. The number of anilines is 1. The van der Waals surface area contributed by atoms with E-state index in [0.29, 0.717) is 16.5 Å². The molecule has 6 heteroatoms. The topological polar surface area (TPSA) is 90.2 Å². The van der Waals surface area contributed by atoms with E-state index >= 15 is 0 Å². The highest BCUT2D eigenvalue weighted by Crippen LogP contribution is 2.39. The number of carbonyl (C=O) groups excluding carboxylic acids is 1. The molecule has 1 aromatic carbocycles. The van der Waals surface area contributed by atoms with Crippen LogP contribution >= 0.6 is 11.3 Å². The third kappa shape index (κ3) is 4.38. The molecule has 2 rings (SSSR count). The van der Waals surface area contributed by atoms with E-state index in [0.717, 1.165) is 34.6 Å². The summed E-state index contributed by atoms with van der Waals surface area (Å²) < 4.78 is 0. The highest BCUT2D eigenvalue weighted by molar-refractivity contribution is 7.17. The van der Waals surface area contributed by atoms with Crippen LogP contribution < -0.4 is 5.32 Å². The van der Waals surface area contributed by atoms with E-state index in [4.69, 9.17) is 5.11 Å². The molecule has 1 amide bonds. The molecule has 0 unspecified atom stereocenters. The van der Waals surface area contributed by atoms with Crippen molar-refractivity contribution in [1.82, 2.24) is 0 Å². The Labute approximate surface area is 156 Å². The zero-order chi connectivity index (χ0) is 19.3. The quantitative estimate of drug-likeness (QED) is 0.724. The molecule has 0 aliphatic heterocycles. The van der Waals surface area contributed by atoms with Gasteiger partial charge in [0.15, 0.2) is 0 Å². The molecule has 0 spiro atoms. The molecule has 2 aromatic rings. The second-order valence-corrected chi connectivity index (χ2v) is 7.17. The third-order valence-corrected chi connectivity index (χ3v) is 5.21. The Hall–Kier alpha value is -2.91. The monoisotopic (exact) mass is 368 g/mol. The molecule has 1 aromatic heterocycles. The summed E-state index contributed by atoms with van der Waals surface area (Å²) in [5.74, 6) is -1.31. The number of thiophene rings is 1. The van der Waals surface area contributed by atoms with Crippen LogP contribution in [0, 0.1) is 18.3 Å². The summed E-state index contributed by atoms with van der Waals surface area (Å²) in [6.45, 7) is 6.21.